The highest BCUT2D eigenvalue weighted by atomic mass is 16.3. The second-order valence-electron chi connectivity index (χ2n) is 5.88. The van der Waals surface area contributed by atoms with Gasteiger partial charge in [-0.1, -0.05) is 6.92 Å². The second-order valence-corrected chi connectivity index (χ2v) is 5.88. The van der Waals surface area contributed by atoms with Crippen molar-refractivity contribution >= 4 is 5.91 Å². The molecule has 0 aromatic carbocycles. The zero-order valence-corrected chi connectivity index (χ0v) is 11.9. The first-order valence-electron chi connectivity index (χ1n) is 6.92. The maximum Gasteiger partial charge on any atom is 0.255 e. The Hall–Kier alpha value is -1.36. The standard InChI is InChI=1S/C14H23N3O2/c1-9-4-6-14(8-18,7-5-9)15-13(19)12-10(2)16-17-11(12)3/h9,18H,4-8H2,1-3H3,(H,15,19)(H,16,17). The number of aryl methyl sites for hydroxylation is 2. The number of aromatic amines is 1. The molecule has 0 atom stereocenters. The lowest BCUT2D eigenvalue weighted by atomic mass is 9.77. The van der Waals surface area contributed by atoms with Crippen molar-refractivity contribution in [3.05, 3.63) is 17.0 Å². The molecule has 19 heavy (non-hydrogen) atoms. The number of H-pyrrole nitrogens is 1. The molecule has 5 heteroatoms. The Labute approximate surface area is 113 Å². The van der Waals surface area contributed by atoms with Crippen molar-refractivity contribution in [2.24, 2.45) is 5.92 Å². The summed E-state index contributed by atoms with van der Waals surface area (Å²) in [6, 6.07) is 0. The number of aliphatic hydroxyl groups excluding tert-OH is 1. The first-order chi connectivity index (χ1) is 8.97. The highest BCUT2D eigenvalue weighted by Gasteiger charge is 2.35. The van der Waals surface area contributed by atoms with Crippen LogP contribution in [-0.4, -0.2) is 33.4 Å². The number of carbonyl (C=O) groups excluding carboxylic acids is 1. The number of hydrogen-bond acceptors (Lipinski definition) is 3. The molecule has 1 aliphatic carbocycles. The van der Waals surface area contributed by atoms with Crippen molar-refractivity contribution in [3.8, 4) is 0 Å². The van der Waals surface area contributed by atoms with Gasteiger partial charge in [-0.2, -0.15) is 5.10 Å². The Bertz CT molecular complexity index is 440. The number of carbonyl (C=O) groups is 1. The zero-order chi connectivity index (χ0) is 14.0. The molecule has 0 saturated heterocycles. The van der Waals surface area contributed by atoms with Gasteiger partial charge in [-0.05, 0) is 45.4 Å². The van der Waals surface area contributed by atoms with E-state index in [1.807, 2.05) is 13.8 Å². The molecule has 1 amide bonds. The summed E-state index contributed by atoms with van der Waals surface area (Å²) in [5.41, 5.74) is 1.62. The number of rotatable bonds is 3. The van der Waals surface area contributed by atoms with E-state index in [0.717, 1.165) is 31.4 Å². The van der Waals surface area contributed by atoms with E-state index in [0.29, 0.717) is 17.2 Å². The van der Waals surface area contributed by atoms with Crippen LogP contribution in [0.3, 0.4) is 0 Å². The maximum absolute atomic E-state index is 12.4. The lowest BCUT2D eigenvalue weighted by Crippen LogP contribution is -2.53. The van der Waals surface area contributed by atoms with Gasteiger partial charge in [0, 0.05) is 5.69 Å². The smallest absolute Gasteiger partial charge is 0.255 e. The molecule has 1 heterocycles. The third-order valence-corrected chi connectivity index (χ3v) is 4.27. The number of amides is 1. The Balaban J connectivity index is 2.13. The highest BCUT2D eigenvalue weighted by molar-refractivity contribution is 5.96. The normalized spacial score (nSPS) is 27.3. The molecule has 3 N–H and O–H groups in total. The Morgan fingerprint density at radius 2 is 2.11 bits per heavy atom. The van der Waals surface area contributed by atoms with Crippen LogP contribution >= 0.6 is 0 Å². The van der Waals surface area contributed by atoms with Gasteiger partial charge in [0.1, 0.15) is 0 Å². The largest absolute Gasteiger partial charge is 0.394 e. The Morgan fingerprint density at radius 1 is 1.47 bits per heavy atom. The molecule has 0 aliphatic heterocycles. The van der Waals surface area contributed by atoms with Crippen LogP contribution in [0, 0.1) is 19.8 Å². The molecular weight excluding hydrogens is 242 g/mol. The third kappa shape index (κ3) is 2.81. The molecular formula is C14H23N3O2. The summed E-state index contributed by atoms with van der Waals surface area (Å²) in [6.07, 6.45) is 3.77. The lowest BCUT2D eigenvalue weighted by Gasteiger charge is -2.38. The van der Waals surface area contributed by atoms with E-state index in [4.69, 9.17) is 0 Å². The highest BCUT2D eigenvalue weighted by Crippen LogP contribution is 2.32. The quantitative estimate of drug-likeness (QED) is 0.778. The Morgan fingerprint density at radius 3 is 2.58 bits per heavy atom. The summed E-state index contributed by atoms with van der Waals surface area (Å²) in [7, 11) is 0. The molecule has 5 nitrogen and oxygen atoms in total. The average Bonchev–Trinajstić information content (AvgIpc) is 2.72. The minimum atomic E-state index is -0.459. The van der Waals surface area contributed by atoms with E-state index in [9.17, 15) is 9.90 Å². The summed E-state index contributed by atoms with van der Waals surface area (Å²) in [6.45, 7) is 5.87. The summed E-state index contributed by atoms with van der Waals surface area (Å²) in [5.74, 6) is 0.543. The van der Waals surface area contributed by atoms with E-state index in [1.54, 1.807) is 0 Å². The molecule has 1 aromatic rings. The molecule has 0 spiro atoms. The molecule has 0 unspecified atom stereocenters. The van der Waals surface area contributed by atoms with E-state index >= 15 is 0 Å². The number of aliphatic hydroxyl groups is 1. The van der Waals surface area contributed by atoms with E-state index in [2.05, 4.69) is 22.4 Å². The van der Waals surface area contributed by atoms with Gasteiger partial charge in [0.05, 0.1) is 23.4 Å². The van der Waals surface area contributed by atoms with Crippen LogP contribution in [0.1, 0.15) is 54.4 Å². The number of aromatic nitrogens is 2. The van der Waals surface area contributed by atoms with Crippen molar-refractivity contribution in [2.75, 3.05) is 6.61 Å². The fraction of sp³-hybridized carbons (Fsp3) is 0.714. The lowest BCUT2D eigenvalue weighted by molar-refractivity contribution is 0.0716. The second kappa shape index (κ2) is 5.33. The van der Waals surface area contributed by atoms with Gasteiger partial charge in [-0.25, -0.2) is 0 Å². The van der Waals surface area contributed by atoms with Crippen molar-refractivity contribution in [1.29, 1.82) is 0 Å². The number of hydrogen-bond donors (Lipinski definition) is 3. The molecule has 0 bridgehead atoms. The number of nitrogens with zero attached hydrogens (tertiary/aromatic N) is 1. The minimum absolute atomic E-state index is 0.00140. The van der Waals surface area contributed by atoms with Gasteiger partial charge in [-0.15, -0.1) is 0 Å². The van der Waals surface area contributed by atoms with Gasteiger partial charge >= 0.3 is 0 Å². The van der Waals surface area contributed by atoms with E-state index < -0.39 is 5.54 Å². The van der Waals surface area contributed by atoms with Gasteiger partial charge in [0.2, 0.25) is 0 Å². The maximum atomic E-state index is 12.4. The topological polar surface area (TPSA) is 78.0 Å². The average molecular weight is 265 g/mol. The van der Waals surface area contributed by atoms with Crippen LogP contribution in [0.2, 0.25) is 0 Å². The monoisotopic (exact) mass is 265 g/mol. The molecule has 1 fully saturated rings. The SMILES string of the molecule is Cc1n[nH]c(C)c1C(=O)NC1(CO)CCC(C)CC1. The van der Waals surface area contributed by atoms with Crippen LogP contribution in [0.4, 0.5) is 0 Å². The molecule has 106 valence electrons. The zero-order valence-electron chi connectivity index (χ0n) is 11.9. The van der Waals surface area contributed by atoms with Gasteiger partial charge in [0.25, 0.3) is 5.91 Å². The van der Waals surface area contributed by atoms with E-state index in [-0.39, 0.29) is 12.5 Å². The Kier molecular flexibility index (Phi) is 3.94. The first kappa shape index (κ1) is 14.1. The van der Waals surface area contributed by atoms with Gasteiger partial charge in [-0.3, -0.25) is 9.89 Å². The third-order valence-electron chi connectivity index (χ3n) is 4.27. The van der Waals surface area contributed by atoms with Crippen molar-refractivity contribution < 1.29 is 9.90 Å². The van der Waals surface area contributed by atoms with Crippen LogP contribution in [0.5, 0.6) is 0 Å². The minimum Gasteiger partial charge on any atom is -0.394 e. The predicted molar refractivity (Wildman–Crippen MR) is 73.0 cm³/mol. The van der Waals surface area contributed by atoms with Crippen LogP contribution in [0.15, 0.2) is 0 Å². The number of nitrogens with one attached hydrogen (secondary N) is 2. The fourth-order valence-electron chi connectivity index (χ4n) is 2.83. The molecule has 1 saturated carbocycles. The molecule has 1 aliphatic rings. The van der Waals surface area contributed by atoms with Gasteiger partial charge < -0.3 is 10.4 Å². The van der Waals surface area contributed by atoms with Gasteiger partial charge in [0.15, 0.2) is 0 Å². The molecule has 2 rings (SSSR count). The first-order valence-corrected chi connectivity index (χ1v) is 6.92. The van der Waals surface area contributed by atoms with Crippen molar-refractivity contribution in [3.63, 3.8) is 0 Å². The summed E-state index contributed by atoms with van der Waals surface area (Å²) in [4.78, 5) is 12.4. The molecule has 0 radical (unpaired) electrons. The van der Waals surface area contributed by atoms with E-state index in [1.165, 1.54) is 0 Å². The summed E-state index contributed by atoms with van der Waals surface area (Å²) in [5, 5.41) is 19.6. The van der Waals surface area contributed by atoms with Crippen LogP contribution in [0.25, 0.3) is 0 Å². The molecule has 1 aromatic heterocycles. The van der Waals surface area contributed by atoms with Crippen molar-refractivity contribution in [2.45, 2.75) is 52.0 Å². The predicted octanol–water partition coefficient (Wildman–Crippen LogP) is 1.70. The summed E-state index contributed by atoms with van der Waals surface area (Å²) < 4.78 is 0. The summed E-state index contributed by atoms with van der Waals surface area (Å²) >= 11 is 0. The van der Waals surface area contributed by atoms with Crippen LogP contribution < -0.4 is 5.32 Å². The van der Waals surface area contributed by atoms with Crippen molar-refractivity contribution in [1.82, 2.24) is 15.5 Å². The van der Waals surface area contributed by atoms with Crippen LogP contribution in [-0.2, 0) is 0 Å². The fourth-order valence-corrected chi connectivity index (χ4v) is 2.83.